The van der Waals surface area contributed by atoms with Crippen LogP contribution in [-0.4, -0.2) is 11.2 Å². The van der Waals surface area contributed by atoms with Gasteiger partial charge in [0.05, 0.1) is 5.69 Å². The molecule has 1 atom stereocenters. The van der Waals surface area contributed by atoms with Crippen molar-refractivity contribution in [3.8, 4) is 0 Å². The van der Waals surface area contributed by atoms with Crippen LogP contribution in [0.15, 0.2) is 10.6 Å². The van der Waals surface area contributed by atoms with Gasteiger partial charge < -0.3 is 9.84 Å². The molecule has 3 heteroatoms. The largest absolute Gasteiger partial charge is 0.361 e. The first-order chi connectivity index (χ1) is 7.24. The molecule has 0 bridgehead atoms. The zero-order chi connectivity index (χ0) is 10.7. The van der Waals surface area contributed by atoms with E-state index in [-0.39, 0.29) is 0 Å². The average Bonchev–Trinajstić information content (AvgIpc) is 2.55. The fraction of sp³-hybridized carbons (Fsp3) is 0.750. The fourth-order valence-electron chi connectivity index (χ4n) is 2.09. The molecule has 0 aromatic carbocycles. The van der Waals surface area contributed by atoms with E-state index in [1.165, 1.54) is 25.7 Å². The molecule has 0 radical (unpaired) electrons. The van der Waals surface area contributed by atoms with Crippen molar-refractivity contribution in [1.29, 1.82) is 0 Å². The van der Waals surface area contributed by atoms with Crippen LogP contribution in [0.3, 0.4) is 0 Å². The molecular weight excluding hydrogens is 188 g/mol. The zero-order valence-corrected chi connectivity index (χ0v) is 9.62. The Morgan fingerprint density at radius 3 is 2.93 bits per heavy atom. The number of aromatic nitrogens is 1. The predicted molar refractivity (Wildman–Crippen MR) is 59.5 cm³/mol. The quantitative estimate of drug-likeness (QED) is 0.808. The maximum Gasteiger partial charge on any atom is 0.133 e. The van der Waals surface area contributed by atoms with E-state index >= 15 is 0 Å². The molecule has 1 aromatic rings. The molecule has 0 amide bonds. The Hall–Kier alpha value is -0.830. The first-order valence-electron chi connectivity index (χ1n) is 5.89. The van der Waals surface area contributed by atoms with Gasteiger partial charge in [-0.25, -0.2) is 0 Å². The van der Waals surface area contributed by atoms with E-state index in [1.807, 2.05) is 13.0 Å². The van der Waals surface area contributed by atoms with Gasteiger partial charge in [-0.3, -0.25) is 0 Å². The second-order valence-electron chi connectivity index (χ2n) is 4.74. The minimum Gasteiger partial charge on any atom is -0.361 e. The Labute approximate surface area is 91.2 Å². The maximum absolute atomic E-state index is 5.02. The summed E-state index contributed by atoms with van der Waals surface area (Å²) >= 11 is 0. The average molecular weight is 208 g/mol. The van der Waals surface area contributed by atoms with Crippen molar-refractivity contribution >= 4 is 0 Å². The molecule has 3 nitrogen and oxygen atoms in total. The number of hydrogen-bond acceptors (Lipinski definition) is 3. The molecule has 1 aliphatic rings. The third-order valence-corrected chi connectivity index (χ3v) is 3.22. The third kappa shape index (κ3) is 3.06. The molecule has 1 N–H and O–H groups in total. The molecule has 1 fully saturated rings. The highest BCUT2D eigenvalue weighted by Crippen LogP contribution is 2.30. The SMILES string of the molecule is Cc1cc(CNC(C)CC2CCC2)no1. The number of nitrogens with one attached hydrogen (secondary N) is 1. The smallest absolute Gasteiger partial charge is 0.133 e. The molecule has 1 heterocycles. The molecule has 0 spiro atoms. The first kappa shape index (κ1) is 10.7. The Morgan fingerprint density at radius 2 is 2.40 bits per heavy atom. The number of nitrogens with zero attached hydrogens (tertiary/aromatic N) is 1. The summed E-state index contributed by atoms with van der Waals surface area (Å²) in [5.41, 5.74) is 1.01. The van der Waals surface area contributed by atoms with Gasteiger partial charge in [-0.05, 0) is 26.2 Å². The van der Waals surface area contributed by atoms with Crippen molar-refractivity contribution in [2.75, 3.05) is 0 Å². The Bertz CT molecular complexity index is 304. The van der Waals surface area contributed by atoms with Crippen molar-refractivity contribution in [3.05, 3.63) is 17.5 Å². The lowest BCUT2D eigenvalue weighted by Gasteiger charge is -2.28. The van der Waals surface area contributed by atoms with Crippen molar-refractivity contribution in [3.63, 3.8) is 0 Å². The van der Waals surface area contributed by atoms with Crippen LogP contribution < -0.4 is 5.32 Å². The molecule has 15 heavy (non-hydrogen) atoms. The van der Waals surface area contributed by atoms with Gasteiger partial charge in [0.2, 0.25) is 0 Å². The minimum atomic E-state index is 0.590. The van der Waals surface area contributed by atoms with Gasteiger partial charge in [-0.15, -0.1) is 0 Å². The Morgan fingerprint density at radius 1 is 1.60 bits per heavy atom. The lowest BCUT2D eigenvalue weighted by molar-refractivity contribution is 0.264. The summed E-state index contributed by atoms with van der Waals surface area (Å²) in [4.78, 5) is 0. The molecule has 2 rings (SSSR count). The van der Waals surface area contributed by atoms with Gasteiger partial charge in [0.25, 0.3) is 0 Å². The topological polar surface area (TPSA) is 38.1 Å². The summed E-state index contributed by atoms with van der Waals surface area (Å²) in [7, 11) is 0. The summed E-state index contributed by atoms with van der Waals surface area (Å²) in [5.74, 6) is 1.85. The van der Waals surface area contributed by atoms with Crippen molar-refractivity contribution in [1.82, 2.24) is 10.5 Å². The van der Waals surface area contributed by atoms with E-state index in [2.05, 4.69) is 17.4 Å². The minimum absolute atomic E-state index is 0.590. The Balaban J connectivity index is 1.68. The highest BCUT2D eigenvalue weighted by molar-refractivity contribution is 5.03. The summed E-state index contributed by atoms with van der Waals surface area (Å²) in [6.45, 7) is 5.00. The molecule has 1 unspecified atom stereocenters. The van der Waals surface area contributed by atoms with Crippen molar-refractivity contribution < 1.29 is 4.52 Å². The van der Waals surface area contributed by atoms with Crippen LogP contribution >= 0.6 is 0 Å². The number of aryl methyl sites for hydroxylation is 1. The normalized spacial score (nSPS) is 18.8. The monoisotopic (exact) mass is 208 g/mol. The standard InChI is InChI=1S/C12H20N2O/c1-9(6-11-4-3-5-11)13-8-12-7-10(2)15-14-12/h7,9,11,13H,3-6,8H2,1-2H3. The summed E-state index contributed by atoms with van der Waals surface area (Å²) in [6, 6.07) is 2.58. The molecule has 0 aliphatic heterocycles. The van der Waals surface area contributed by atoms with Crippen LogP contribution in [-0.2, 0) is 6.54 Å². The molecule has 1 saturated carbocycles. The molecule has 84 valence electrons. The van der Waals surface area contributed by atoms with E-state index in [4.69, 9.17) is 4.52 Å². The second-order valence-corrected chi connectivity index (χ2v) is 4.74. The van der Waals surface area contributed by atoms with E-state index < -0.39 is 0 Å². The third-order valence-electron chi connectivity index (χ3n) is 3.22. The van der Waals surface area contributed by atoms with E-state index in [9.17, 15) is 0 Å². The van der Waals surface area contributed by atoms with Gasteiger partial charge in [-0.2, -0.15) is 0 Å². The second kappa shape index (κ2) is 4.79. The van der Waals surface area contributed by atoms with Gasteiger partial charge in [0, 0.05) is 18.7 Å². The molecular formula is C12H20N2O. The zero-order valence-electron chi connectivity index (χ0n) is 9.62. The summed E-state index contributed by atoms with van der Waals surface area (Å²) in [6.07, 6.45) is 5.58. The lowest BCUT2D eigenvalue weighted by Crippen LogP contribution is -2.29. The van der Waals surface area contributed by atoms with Gasteiger partial charge in [0.1, 0.15) is 5.76 Å². The molecule has 1 aliphatic carbocycles. The van der Waals surface area contributed by atoms with Gasteiger partial charge in [0.15, 0.2) is 0 Å². The predicted octanol–water partition coefficient (Wildman–Crippen LogP) is 2.65. The van der Waals surface area contributed by atoms with Crippen LogP contribution in [0.25, 0.3) is 0 Å². The van der Waals surface area contributed by atoms with Crippen LogP contribution in [0.5, 0.6) is 0 Å². The maximum atomic E-state index is 5.02. The molecule has 1 aromatic heterocycles. The number of hydrogen-bond donors (Lipinski definition) is 1. The number of rotatable bonds is 5. The van der Waals surface area contributed by atoms with Gasteiger partial charge in [-0.1, -0.05) is 24.4 Å². The summed E-state index contributed by atoms with van der Waals surface area (Å²) in [5, 5.41) is 7.45. The van der Waals surface area contributed by atoms with Gasteiger partial charge >= 0.3 is 0 Å². The van der Waals surface area contributed by atoms with Crippen LogP contribution in [0.1, 0.15) is 44.1 Å². The van der Waals surface area contributed by atoms with Crippen LogP contribution in [0.2, 0.25) is 0 Å². The van der Waals surface area contributed by atoms with E-state index in [1.54, 1.807) is 0 Å². The molecule has 0 saturated heterocycles. The highest BCUT2D eigenvalue weighted by atomic mass is 16.5. The van der Waals surface area contributed by atoms with Crippen LogP contribution in [0, 0.1) is 12.8 Å². The summed E-state index contributed by atoms with van der Waals surface area (Å²) < 4.78 is 5.02. The van der Waals surface area contributed by atoms with E-state index in [0.29, 0.717) is 6.04 Å². The van der Waals surface area contributed by atoms with Crippen molar-refractivity contribution in [2.24, 2.45) is 5.92 Å². The lowest BCUT2D eigenvalue weighted by atomic mass is 9.81. The highest BCUT2D eigenvalue weighted by Gasteiger charge is 2.19. The first-order valence-corrected chi connectivity index (χ1v) is 5.89. The van der Waals surface area contributed by atoms with Crippen LogP contribution in [0.4, 0.5) is 0 Å². The van der Waals surface area contributed by atoms with Crippen molar-refractivity contribution in [2.45, 2.75) is 52.1 Å². The van der Waals surface area contributed by atoms with E-state index in [0.717, 1.165) is 23.9 Å². The fourth-order valence-corrected chi connectivity index (χ4v) is 2.09. The Kier molecular flexibility index (Phi) is 3.41.